The molecule has 0 radical (unpaired) electrons. The number of ether oxygens (including phenoxy) is 2. The monoisotopic (exact) mass is 393 g/mol. The van der Waals surface area contributed by atoms with Gasteiger partial charge in [0.05, 0.1) is 25.2 Å². The second-order valence-electron chi connectivity index (χ2n) is 5.90. The lowest BCUT2D eigenvalue weighted by atomic mass is 10.2. The van der Waals surface area contributed by atoms with Gasteiger partial charge in [-0.25, -0.2) is 0 Å². The van der Waals surface area contributed by atoms with Gasteiger partial charge in [0.15, 0.2) is 11.2 Å². The predicted molar refractivity (Wildman–Crippen MR) is 103 cm³/mol. The molecule has 0 atom stereocenters. The number of benzene rings is 2. The number of aromatic nitrogens is 2. The van der Waals surface area contributed by atoms with E-state index in [0.717, 1.165) is 6.07 Å². The van der Waals surface area contributed by atoms with Crippen LogP contribution in [0.4, 0.5) is 6.01 Å². The molecule has 4 aromatic rings. The summed E-state index contributed by atoms with van der Waals surface area (Å²) in [6.07, 6.45) is 0. The van der Waals surface area contributed by atoms with Crippen molar-refractivity contribution in [1.29, 1.82) is 0 Å². The van der Waals surface area contributed by atoms with Gasteiger partial charge < -0.3 is 18.3 Å². The Morgan fingerprint density at radius 3 is 2.62 bits per heavy atom. The van der Waals surface area contributed by atoms with Gasteiger partial charge in [-0.1, -0.05) is 17.2 Å². The Bertz CT molecular complexity index is 1260. The first kappa shape index (κ1) is 18.2. The molecule has 1 N–H and O–H groups in total. The van der Waals surface area contributed by atoms with Gasteiger partial charge >= 0.3 is 6.01 Å². The Balaban J connectivity index is 1.60. The van der Waals surface area contributed by atoms with Crippen molar-refractivity contribution in [3.05, 3.63) is 64.5 Å². The number of hydrogen-bond donors (Lipinski definition) is 1. The van der Waals surface area contributed by atoms with Crippen molar-refractivity contribution in [1.82, 2.24) is 10.2 Å². The van der Waals surface area contributed by atoms with E-state index in [1.54, 1.807) is 49.6 Å². The van der Waals surface area contributed by atoms with Crippen LogP contribution in [0.15, 0.2) is 62.2 Å². The molecule has 0 bridgehead atoms. The molecule has 0 aliphatic carbocycles. The van der Waals surface area contributed by atoms with Gasteiger partial charge in [0, 0.05) is 12.1 Å². The molecule has 9 nitrogen and oxygen atoms in total. The molecule has 0 aliphatic heterocycles. The average Bonchev–Trinajstić information content (AvgIpc) is 3.21. The zero-order chi connectivity index (χ0) is 20.4. The fourth-order valence-electron chi connectivity index (χ4n) is 2.73. The first-order chi connectivity index (χ1) is 14.1. The molecular weight excluding hydrogens is 378 g/mol. The summed E-state index contributed by atoms with van der Waals surface area (Å²) in [5.41, 5.74) is 0.504. The van der Waals surface area contributed by atoms with Gasteiger partial charge in [-0.15, -0.1) is 5.10 Å². The maximum atomic E-state index is 12.4. The van der Waals surface area contributed by atoms with Crippen molar-refractivity contribution in [3.8, 4) is 23.0 Å². The lowest BCUT2D eigenvalue weighted by Crippen LogP contribution is -2.15. The zero-order valence-electron chi connectivity index (χ0n) is 15.5. The number of carbonyl (C=O) groups excluding carboxylic acids is 1. The molecular formula is C20H15N3O6. The Kier molecular flexibility index (Phi) is 4.70. The molecule has 0 aliphatic rings. The number of para-hydroxylation sites is 1. The number of nitrogens with zero attached hydrogens (tertiary/aromatic N) is 2. The Hall–Kier alpha value is -4.14. The highest BCUT2D eigenvalue weighted by Crippen LogP contribution is 2.33. The van der Waals surface area contributed by atoms with Crippen molar-refractivity contribution in [3.63, 3.8) is 0 Å². The lowest BCUT2D eigenvalue weighted by Gasteiger charge is -2.07. The third kappa shape index (κ3) is 3.53. The number of rotatable bonds is 5. The fourth-order valence-corrected chi connectivity index (χ4v) is 2.73. The molecule has 4 rings (SSSR count). The topological polar surface area (TPSA) is 117 Å². The summed E-state index contributed by atoms with van der Waals surface area (Å²) in [7, 11) is 3.04. The number of fused-ring (bicyclic) bond motifs is 1. The molecule has 0 saturated carbocycles. The molecule has 0 saturated heterocycles. The molecule has 2 aromatic heterocycles. The average molecular weight is 393 g/mol. The molecule has 146 valence electrons. The SMILES string of the molecule is COc1ccc(-c2nnc(NC(=O)c3cc(=O)c4ccccc4o3)o2)c(OC)c1. The summed E-state index contributed by atoms with van der Waals surface area (Å²) in [5, 5.41) is 10.5. The fraction of sp³-hybridized carbons (Fsp3) is 0.100. The van der Waals surface area contributed by atoms with Crippen molar-refractivity contribution in [2.45, 2.75) is 0 Å². The minimum Gasteiger partial charge on any atom is -0.497 e. The highest BCUT2D eigenvalue weighted by molar-refractivity contribution is 6.01. The summed E-state index contributed by atoms with van der Waals surface area (Å²) >= 11 is 0. The third-order valence-corrected chi connectivity index (χ3v) is 4.14. The molecule has 2 aromatic carbocycles. The van der Waals surface area contributed by atoms with Crippen LogP contribution >= 0.6 is 0 Å². The lowest BCUT2D eigenvalue weighted by molar-refractivity contribution is 0.0994. The van der Waals surface area contributed by atoms with E-state index >= 15 is 0 Å². The van der Waals surface area contributed by atoms with Crippen LogP contribution in [0.1, 0.15) is 10.6 Å². The van der Waals surface area contributed by atoms with E-state index in [2.05, 4.69) is 15.5 Å². The van der Waals surface area contributed by atoms with E-state index < -0.39 is 5.91 Å². The number of amides is 1. The van der Waals surface area contributed by atoms with Crippen molar-refractivity contribution < 1.29 is 23.1 Å². The van der Waals surface area contributed by atoms with Crippen molar-refractivity contribution in [2.24, 2.45) is 0 Å². The van der Waals surface area contributed by atoms with Gasteiger partial charge in [-0.05, 0) is 24.3 Å². The summed E-state index contributed by atoms with van der Waals surface area (Å²) in [5.74, 6) is 0.344. The molecule has 2 heterocycles. The molecule has 0 spiro atoms. The van der Waals surface area contributed by atoms with E-state index in [9.17, 15) is 9.59 Å². The summed E-state index contributed by atoms with van der Waals surface area (Å²) in [6.45, 7) is 0. The normalized spacial score (nSPS) is 10.7. The quantitative estimate of drug-likeness (QED) is 0.550. The van der Waals surface area contributed by atoms with E-state index in [1.165, 1.54) is 7.11 Å². The standard InChI is InChI=1S/C20H15N3O6/c1-26-11-7-8-13(16(9-11)27-2)19-22-23-20(29-19)21-18(25)17-10-14(24)12-5-3-4-6-15(12)28-17/h3-10H,1-2H3,(H,21,23,25). The van der Waals surface area contributed by atoms with Crippen LogP contribution in [0.2, 0.25) is 0 Å². The van der Waals surface area contributed by atoms with Gasteiger partial charge in [0.1, 0.15) is 17.1 Å². The molecule has 0 unspecified atom stereocenters. The number of hydrogen-bond acceptors (Lipinski definition) is 8. The van der Waals surface area contributed by atoms with Crippen LogP contribution in [0, 0.1) is 0 Å². The van der Waals surface area contributed by atoms with Crippen LogP contribution in [0.3, 0.4) is 0 Å². The number of carbonyl (C=O) groups is 1. The predicted octanol–water partition coefficient (Wildman–Crippen LogP) is 3.11. The van der Waals surface area contributed by atoms with Crippen LogP contribution < -0.4 is 20.2 Å². The van der Waals surface area contributed by atoms with Crippen molar-refractivity contribution in [2.75, 3.05) is 19.5 Å². The number of anilines is 1. The van der Waals surface area contributed by atoms with Gasteiger partial charge in [-0.3, -0.25) is 14.9 Å². The Morgan fingerprint density at radius 1 is 1.00 bits per heavy atom. The molecule has 0 fully saturated rings. The maximum Gasteiger partial charge on any atom is 0.322 e. The highest BCUT2D eigenvalue weighted by Gasteiger charge is 2.18. The van der Waals surface area contributed by atoms with Crippen LogP contribution in [0.25, 0.3) is 22.4 Å². The zero-order valence-corrected chi connectivity index (χ0v) is 15.5. The second kappa shape index (κ2) is 7.47. The first-order valence-corrected chi connectivity index (χ1v) is 8.49. The molecule has 29 heavy (non-hydrogen) atoms. The van der Waals surface area contributed by atoms with Crippen LogP contribution in [-0.2, 0) is 0 Å². The van der Waals surface area contributed by atoms with Gasteiger partial charge in [-0.2, -0.15) is 0 Å². The Labute approximate surface area is 163 Å². The van der Waals surface area contributed by atoms with E-state index in [4.69, 9.17) is 18.3 Å². The van der Waals surface area contributed by atoms with E-state index in [1.807, 2.05) is 0 Å². The second-order valence-corrected chi connectivity index (χ2v) is 5.90. The smallest absolute Gasteiger partial charge is 0.322 e. The van der Waals surface area contributed by atoms with Crippen molar-refractivity contribution >= 4 is 22.9 Å². The van der Waals surface area contributed by atoms with E-state index in [0.29, 0.717) is 28.0 Å². The van der Waals surface area contributed by atoms with Crippen LogP contribution in [0.5, 0.6) is 11.5 Å². The number of methoxy groups -OCH3 is 2. The maximum absolute atomic E-state index is 12.4. The first-order valence-electron chi connectivity index (χ1n) is 8.49. The minimum atomic E-state index is -0.690. The Morgan fingerprint density at radius 2 is 1.83 bits per heavy atom. The van der Waals surface area contributed by atoms with Crippen LogP contribution in [-0.4, -0.2) is 30.3 Å². The summed E-state index contributed by atoms with van der Waals surface area (Å²) < 4.78 is 21.5. The molecule has 1 amide bonds. The molecule has 9 heteroatoms. The highest BCUT2D eigenvalue weighted by atomic mass is 16.5. The largest absolute Gasteiger partial charge is 0.497 e. The number of nitrogens with one attached hydrogen (secondary N) is 1. The minimum absolute atomic E-state index is 0.139. The van der Waals surface area contributed by atoms with Gasteiger partial charge in [0.2, 0.25) is 0 Å². The van der Waals surface area contributed by atoms with E-state index in [-0.39, 0.29) is 23.1 Å². The summed E-state index contributed by atoms with van der Waals surface area (Å²) in [4.78, 5) is 24.6. The third-order valence-electron chi connectivity index (χ3n) is 4.14. The summed E-state index contributed by atoms with van der Waals surface area (Å²) in [6, 6.07) is 12.7. The van der Waals surface area contributed by atoms with Gasteiger partial charge in [0.25, 0.3) is 11.8 Å².